The van der Waals surface area contributed by atoms with Crippen LogP contribution < -0.4 is 10.6 Å². The first-order valence-corrected chi connectivity index (χ1v) is 9.46. The lowest BCUT2D eigenvalue weighted by Gasteiger charge is -2.20. The van der Waals surface area contributed by atoms with Crippen molar-refractivity contribution in [1.82, 2.24) is 10.3 Å². The van der Waals surface area contributed by atoms with E-state index in [-0.39, 0.29) is 11.8 Å². The third-order valence-corrected chi connectivity index (χ3v) is 5.68. The van der Waals surface area contributed by atoms with E-state index in [0.29, 0.717) is 5.92 Å². The zero-order chi connectivity index (χ0) is 16.9. The van der Waals surface area contributed by atoms with Crippen LogP contribution in [0.4, 0.5) is 5.13 Å². The molecule has 3 rings (SSSR count). The Labute approximate surface area is 147 Å². The number of aromatic nitrogens is 1. The molecule has 0 spiro atoms. The quantitative estimate of drug-likeness (QED) is 0.869. The molecule has 0 aliphatic carbocycles. The summed E-state index contributed by atoms with van der Waals surface area (Å²) in [5.74, 6) is 0.556. The van der Waals surface area contributed by atoms with E-state index in [2.05, 4.69) is 46.8 Å². The number of carbonyl (C=O) groups excluding carboxylic acids is 1. The molecule has 1 aromatic carbocycles. The molecule has 128 valence electrons. The zero-order valence-electron chi connectivity index (χ0n) is 14.3. The van der Waals surface area contributed by atoms with E-state index < -0.39 is 0 Å². The summed E-state index contributed by atoms with van der Waals surface area (Å²) in [7, 11) is 0. The highest BCUT2D eigenvalue weighted by Crippen LogP contribution is 2.31. The largest absolute Gasteiger partial charge is 0.317 e. The van der Waals surface area contributed by atoms with Crippen molar-refractivity contribution in [2.45, 2.75) is 39.0 Å². The maximum absolute atomic E-state index is 12.4. The summed E-state index contributed by atoms with van der Waals surface area (Å²) in [6.45, 7) is 6.18. The Bertz CT molecular complexity index is 674. The number of hydrogen-bond acceptors (Lipinski definition) is 4. The molecule has 24 heavy (non-hydrogen) atoms. The van der Waals surface area contributed by atoms with Gasteiger partial charge in [-0.05, 0) is 50.8 Å². The van der Waals surface area contributed by atoms with Crippen molar-refractivity contribution in [3.05, 3.63) is 46.5 Å². The van der Waals surface area contributed by atoms with Gasteiger partial charge in [0.15, 0.2) is 5.13 Å². The average molecular weight is 343 g/mol. The van der Waals surface area contributed by atoms with Crippen LogP contribution in [0.25, 0.3) is 0 Å². The number of thiazole rings is 1. The Kier molecular flexibility index (Phi) is 5.63. The number of amides is 1. The highest BCUT2D eigenvalue weighted by Gasteiger charge is 2.19. The van der Waals surface area contributed by atoms with Crippen LogP contribution >= 0.6 is 11.3 Å². The first-order chi connectivity index (χ1) is 11.6. The van der Waals surface area contributed by atoms with Crippen molar-refractivity contribution in [3.8, 4) is 0 Å². The summed E-state index contributed by atoms with van der Waals surface area (Å²) < 4.78 is 0. The third kappa shape index (κ3) is 4.42. The lowest BCUT2D eigenvalue weighted by atomic mass is 9.97. The van der Waals surface area contributed by atoms with Crippen LogP contribution in [0.2, 0.25) is 0 Å². The van der Waals surface area contributed by atoms with Crippen LogP contribution in [0.5, 0.6) is 0 Å². The van der Waals surface area contributed by atoms with Gasteiger partial charge in [0.1, 0.15) is 0 Å². The van der Waals surface area contributed by atoms with Crippen LogP contribution in [0.1, 0.15) is 41.7 Å². The van der Waals surface area contributed by atoms with E-state index in [1.807, 2.05) is 13.1 Å². The van der Waals surface area contributed by atoms with Gasteiger partial charge in [-0.2, -0.15) is 0 Å². The molecule has 1 atom stereocenters. The van der Waals surface area contributed by atoms with Crippen LogP contribution in [-0.2, 0) is 11.2 Å². The minimum absolute atomic E-state index is 0.0433. The number of nitrogens with zero attached hydrogens (tertiary/aromatic N) is 1. The fourth-order valence-electron chi connectivity index (χ4n) is 3.04. The minimum atomic E-state index is -0.0704. The van der Waals surface area contributed by atoms with E-state index in [0.717, 1.165) is 37.5 Å². The monoisotopic (exact) mass is 343 g/mol. The van der Waals surface area contributed by atoms with Crippen molar-refractivity contribution < 1.29 is 4.79 Å². The van der Waals surface area contributed by atoms with Gasteiger partial charge in [0, 0.05) is 17.0 Å². The molecule has 1 aliphatic rings. The van der Waals surface area contributed by atoms with E-state index in [9.17, 15) is 4.79 Å². The molecule has 1 amide bonds. The highest BCUT2D eigenvalue weighted by atomic mass is 32.1. The van der Waals surface area contributed by atoms with Gasteiger partial charge < -0.3 is 10.6 Å². The lowest BCUT2D eigenvalue weighted by Crippen LogP contribution is -2.26. The Morgan fingerprint density at radius 3 is 2.75 bits per heavy atom. The molecule has 4 nitrogen and oxygen atoms in total. The van der Waals surface area contributed by atoms with Crippen LogP contribution in [-0.4, -0.2) is 24.0 Å². The number of piperidine rings is 1. The highest BCUT2D eigenvalue weighted by molar-refractivity contribution is 7.15. The van der Waals surface area contributed by atoms with Gasteiger partial charge in [0.2, 0.25) is 5.91 Å². The number of rotatable bonds is 5. The van der Waals surface area contributed by atoms with Crippen LogP contribution in [0.15, 0.2) is 30.5 Å². The number of nitrogens with one attached hydrogen (secondary N) is 2. The molecule has 1 aromatic heterocycles. The van der Waals surface area contributed by atoms with Crippen LogP contribution in [0.3, 0.4) is 0 Å². The van der Waals surface area contributed by atoms with Gasteiger partial charge in [-0.1, -0.05) is 36.8 Å². The standard InChI is InChI=1S/C19H25N3OS/c1-13-3-5-15(6-4-13)11-14(2)18(23)22-19-21-12-17(24-19)16-7-9-20-10-8-16/h3-6,12,14,16,20H,7-11H2,1-2H3,(H,21,22,23). The Hall–Kier alpha value is -1.72. The number of hydrogen-bond donors (Lipinski definition) is 2. The first kappa shape index (κ1) is 17.1. The predicted octanol–water partition coefficient (Wildman–Crippen LogP) is 3.74. The number of aryl methyl sites for hydroxylation is 1. The van der Waals surface area contributed by atoms with Gasteiger partial charge in [-0.15, -0.1) is 11.3 Å². The van der Waals surface area contributed by atoms with Crippen molar-refractivity contribution in [2.24, 2.45) is 5.92 Å². The van der Waals surface area contributed by atoms with E-state index in [1.54, 1.807) is 11.3 Å². The second kappa shape index (κ2) is 7.90. The molecule has 2 heterocycles. The topological polar surface area (TPSA) is 54.0 Å². The summed E-state index contributed by atoms with van der Waals surface area (Å²) in [5, 5.41) is 7.09. The fraction of sp³-hybridized carbons (Fsp3) is 0.474. The smallest absolute Gasteiger partial charge is 0.229 e. The third-order valence-electron chi connectivity index (χ3n) is 4.61. The predicted molar refractivity (Wildman–Crippen MR) is 99.6 cm³/mol. The van der Waals surface area contributed by atoms with Crippen molar-refractivity contribution >= 4 is 22.4 Å². The fourth-order valence-corrected chi connectivity index (χ4v) is 4.03. The van der Waals surface area contributed by atoms with Crippen molar-refractivity contribution in [3.63, 3.8) is 0 Å². The summed E-state index contributed by atoms with van der Waals surface area (Å²) in [4.78, 5) is 18.1. The second-order valence-electron chi connectivity index (χ2n) is 6.67. The number of anilines is 1. The molecule has 0 bridgehead atoms. The molecule has 0 saturated carbocycles. The Morgan fingerprint density at radius 1 is 1.33 bits per heavy atom. The lowest BCUT2D eigenvalue weighted by molar-refractivity contribution is -0.119. The molecule has 1 fully saturated rings. The molecule has 0 radical (unpaired) electrons. The Balaban J connectivity index is 1.55. The average Bonchev–Trinajstić information content (AvgIpc) is 3.06. The van der Waals surface area contributed by atoms with Gasteiger partial charge in [-0.25, -0.2) is 4.98 Å². The SMILES string of the molecule is Cc1ccc(CC(C)C(=O)Nc2ncc(C3CCNCC3)s2)cc1. The molecule has 1 saturated heterocycles. The van der Waals surface area contributed by atoms with Gasteiger partial charge in [-0.3, -0.25) is 4.79 Å². The summed E-state index contributed by atoms with van der Waals surface area (Å²) in [6, 6.07) is 8.37. The van der Waals surface area contributed by atoms with E-state index in [1.165, 1.54) is 16.0 Å². The van der Waals surface area contributed by atoms with Gasteiger partial charge in [0.05, 0.1) is 0 Å². The summed E-state index contributed by atoms with van der Waals surface area (Å²) >= 11 is 1.62. The van der Waals surface area contributed by atoms with Crippen molar-refractivity contribution in [1.29, 1.82) is 0 Å². The molecule has 1 unspecified atom stereocenters. The molecular formula is C19H25N3OS. The van der Waals surface area contributed by atoms with E-state index in [4.69, 9.17) is 0 Å². The van der Waals surface area contributed by atoms with Gasteiger partial charge in [0.25, 0.3) is 0 Å². The molecule has 5 heteroatoms. The van der Waals surface area contributed by atoms with Crippen LogP contribution in [0, 0.1) is 12.8 Å². The normalized spacial score (nSPS) is 16.8. The minimum Gasteiger partial charge on any atom is -0.317 e. The maximum atomic E-state index is 12.4. The molecule has 2 N–H and O–H groups in total. The Morgan fingerprint density at radius 2 is 2.04 bits per heavy atom. The zero-order valence-corrected chi connectivity index (χ0v) is 15.2. The van der Waals surface area contributed by atoms with Crippen molar-refractivity contribution in [2.75, 3.05) is 18.4 Å². The molecule has 1 aliphatic heterocycles. The van der Waals surface area contributed by atoms with Gasteiger partial charge >= 0.3 is 0 Å². The molecular weight excluding hydrogens is 318 g/mol. The summed E-state index contributed by atoms with van der Waals surface area (Å²) in [6.07, 6.45) is 4.98. The van der Waals surface area contributed by atoms with E-state index >= 15 is 0 Å². The number of carbonyl (C=O) groups is 1. The maximum Gasteiger partial charge on any atom is 0.229 e. The number of benzene rings is 1. The summed E-state index contributed by atoms with van der Waals surface area (Å²) in [5.41, 5.74) is 2.43. The second-order valence-corrected chi connectivity index (χ2v) is 7.73. The molecule has 2 aromatic rings. The first-order valence-electron chi connectivity index (χ1n) is 8.64.